The summed E-state index contributed by atoms with van der Waals surface area (Å²) in [6.45, 7) is 3.38. The predicted molar refractivity (Wildman–Crippen MR) is 109 cm³/mol. The number of rotatable bonds is 6. The van der Waals surface area contributed by atoms with E-state index in [0.717, 1.165) is 10.9 Å². The van der Waals surface area contributed by atoms with E-state index in [0.29, 0.717) is 28.1 Å². The Morgan fingerprint density at radius 2 is 1.97 bits per heavy atom. The molecule has 150 valence electrons. The second-order valence-corrected chi connectivity index (χ2v) is 6.61. The number of nitro benzene ring substituents is 1. The molecule has 8 heteroatoms. The highest BCUT2D eigenvalue weighted by Crippen LogP contribution is 2.26. The van der Waals surface area contributed by atoms with E-state index < -0.39 is 10.5 Å². The summed E-state index contributed by atoms with van der Waals surface area (Å²) >= 11 is 0. The molecule has 0 aliphatic carbocycles. The van der Waals surface area contributed by atoms with E-state index in [1.807, 2.05) is 13.0 Å². The number of methoxy groups -OCH3 is 1. The number of nitrogens with zero attached hydrogens (tertiary/aromatic N) is 1. The smallest absolute Gasteiger partial charge is 0.339 e. The Bertz CT molecular complexity index is 1170. The molecule has 0 aliphatic rings. The van der Waals surface area contributed by atoms with Gasteiger partial charge in [0.1, 0.15) is 11.3 Å². The molecule has 0 radical (unpaired) electrons. The fraction of sp³-hybridized carbons (Fsp3) is 0.238. The van der Waals surface area contributed by atoms with Crippen molar-refractivity contribution in [2.45, 2.75) is 26.7 Å². The van der Waals surface area contributed by atoms with Crippen molar-refractivity contribution in [2.24, 2.45) is 0 Å². The first-order valence-electron chi connectivity index (χ1n) is 8.96. The summed E-state index contributed by atoms with van der Waals surface area (Å²) < 4.78 is 10.5. The second-order valence-electron chi connectivity index (χ2n) is 6.61. The lowest BCUT2D eigenvalue weighted by Crippen LogP contribution is -2.17. The molecule has 3 aromatic rings. The topological polar surface area (TPSA) is 112 Å². The SMILES string of the molecule is COc1ccc2c(C)c(CCC(=O)Nc3cccc([N+](=O)[O-])c3C)c(=O)oc2c1. The average Bonchev–Trinajstić information content (AvgIpc) is 2.68. The van der Waals surface area contributed by atoms with Crippen LogP contribution >= 0.6 is 0 Å². The average molecular weight is 396 g/mol. The van der Waals surface area contributed by atoms with Crippen LogP contribution in [0.25, 0.3) is 11.0 Å². The van der Waals surface area contributed by atoms with E-state index in [2.05, 4.69) is 5.32 Å². The van der Waals surface area contributed by atoms with Crippen molar-refractivity contribution in [3.63, 3.8) is 0 Å². The molecule has 0 bridgehead atoms. The first-order chi connectivity index (χ1) is 13.8. The summed E-state index contributed by atoms with van der Waals surface area (Å²) in [7, 11) is 1.53. The molecule has 1 N–H and O–H groups in total. The van der Waals surface area contributed by atoms with Crippen LogP contribution in [0.2, 0.25) is 0 Å². The van der Waals surface area contributed by atoms with Crippen molar-refractivity contribution in [3.8, 4) is 5.75 Å². The molecular weight excluding hydrogens is 376 g/mol. The van der Waals surface area contributed by atoms with E-state index in [1.165, 1.54) is 19.2 Å². The van der Waals surface area contributed by atoms with Gasteiger partial charge >= 0.3 is 5.63 Å². The van der Waals surface area contributed by atoms with Gasteiger partial charge in [0.25, 0.3) is 5.69 Å². The number of hydrogen-bond acceptors (Lipinski definition) is 6. The maximum Gasteiger partial charge on any atom is 0.339 e. The summed E-state index contributed by atoms with van der Waals surface area (Å²) in [4.78, 5) is 35.3. The van der Waals surface area contributed by atoms with Gasteiger partial charge in [-0.1, -0.05) is 6.07 Å². The molecule has 0 aliphatic heterocycles. The monoisotopic (exact) mass is 396 g/mol. The lowest BCUT2D eigenvalue weighted by Gasteiger charge is -2.10. The van der Waals surface area contributed by atoms with Crippen LogP contribution in [0.15, 0.2) is 45.6 Å². The number of carbonyl (C=O) groups excluding carboxylic acids is 1. The van der Waals surface area contributed by atoms with Crippen LogP contribution in [-0.2, 0) is 11.2 Å². The number of amides is 1. The molecule has 0 spiro atoms. The van der Waals surface area contributed by atoms with Crippen LogP contribution < -0.4 is 15.7 Å². The molecule has 3 rings (SSSR count). The Labute approximate surface area is 166 Å². The van der Waals surface area contributed by atoms with E-state index >= 15 is 0 Å². The Balaban J connectivity index is 1.79. The normalized spacial score (nSPS) is 10.7. The van der Waals surface area contributed by atoms with Gasteiger partial charge in [0.05, 0.1) is 23.3 Å². The van der Waals surface area contributed by atoms with Gasteiger partial charge in [-0.25, -0.2) is 4.79 Å². The molecule has 0 unspecified atom stereocenters. The zero-order chi connectivity index (χ0) is 21.1. The maximum atomic E-state index is 12.4. The number of ether oxygens (including phenoxy) is 1. The number of nitro groups is 1. The molecule has 0 fully saturated rings. The number of anilines is 1. The highest BCUT2D eigenvalue weighted by atomic mass is 16.6. The minimum absolute atomic E-state index is 0.0371. The Hall–Kier alpha value is -3.68. The summed E-state index contributed by atoms with van der Waals surface area (Å²) in [5.74, 6) is 0.238. The fourth-order valence-electron chi connectivity index (χ4n) is 3.20. The quantitative estimate of drug-likeness (QED) is 0.384. The molecule has 0 saturated heterocycles. The summed E-state index contributed by atoms with van der Waals surface area (Å²) in [5, 5.41) is 14.5. The molecule has 2 aromatic carbocycles. The second kappa shape index (κ2) is 8.14. The standard InChI is InChI=1S/C21H20N2O6/c1-12-15-8-7-14(28-3)11-19(15)29-21(25)16(12)9-10-20(24)22-17-5-4-6-18(13(17)2)23(26)27/h4-8,11H,9-10H2,1-3H3,(H,22,24). The highest BCUT2D eigenvalue weighted by molar-refractivity contribution is 5.92. The van der Waals surface area contributed by atoms with Gasteiger partial charge in [-0.05, 0) is 44.0 Å². The predicted octanol–water partition coefficient (Wildman–Crippen LogP) is 3.90. The molecule has 0 atom stereocenters. The zero-order valence-corrected chi connectivity index (χ0v) is 16.3. The van der Waals surface area contributed by atoms with Crippen molar-refractivity contribution in [3.05, 3.63) is 73.6 Å². The lowest BCUT2D eigenvalue weighted by molar-refractivity contribution is -0.385. The summed E-state index contributed by atoms with van der Waals surface area (Å²) in [5.41, 5.74) is 1.78. The van der Waals surface area contributed by atoms with Crippen LogP contribution in [0.4, 0.5) is 11.4 Å². The van der Waals surface area contributed by atoms with Crippen LogP contribution in [0, 0.1) is 24.0 Å². The fourth-order valence-corrected chi connectivity index (χ4v) is 3.20. The molecule has 29 heavy (non-hydrogen) atoms. The van der Waals surface area contributed by atoms with Crippen molar-refractivity contribution < 1.29 is 18.9 Å². The zero-order valence-electron chi connectivity index (χ0n) is 16.3. The Morgan fingerprint density at radius 3 is 2.66 bits per heavy atom. The molecule has 1 aromatic heterocycles. The van der Waals surface area contributed by atoms with E-state index in [9.17, 15) is 19.7 Å². The lowest BCUT2D eigenvalue weighted by atomic mass is 10.0. The number of benzene rings is 2. The van der Waals surface area contributed by atoms with E-state index in [4.69, 9.17) is 9.15 Å². The minimum atomic E-state index is -0.498. The molecule has 1 amide bonds. The van der Waals surface area contributed by atoms with Gasteiger partial charge in [0, 0.05) is 29.5 Å². The van der Waals surface area contributed by atoms with Crippen LogP contribution in [0.3, 0.4) is 0 Å². The van der Waals surface area contributed by atoms with Crippen LogP contribution in [0.5, 0.6) is 5.75 Å². The molecular formula is C21H20N2O6. The van der Waals surface area contributed by atoms with Crippen molar-refractivity contribution >= 4 is 28.3 Å². The van der Waals surface area contributed by atoms with Crippen LogP contribution in [-0.4, -0.2) is 17.9 Å². The van der Waals surface area contributed by atoms with Crippen molar-refractivity contribution in [1.29, 1.82) is 0 Å². The summed E-state index contributed by atoms with van der Waals surface area (Å²) in [6.07, 6.45) is 0.228. The third kappa shape index (κ3) is 4.11. The number of aryl methyl sites for hydroxylation is 1. The van der Waals surface area contributed by atoms with E-state index in [-0.39, 0.29) is 24.4 Å². The molecule has 8 nitrogen and oxygen atoms in total. The number of fused-ring (bicyclic) bond motifs is 1. The Morgan fingerprint density at radius 1 is 1.21 bits per heavy atom. The number of carbonyl (C=O) groups is 1. The summed E-state index contributed by atoms with van der Waals surface area (Å²) in [6, 6.07) is 9.72. The van der Waals surface area contributed by atoms with Crippen LogP contribution in [0.1, 0.15) is 23.1 Å². The van der Waals surface area contributed by atoms with Gasteiger partial charge in [-0.3, -0.25) is 14.9 Å². The molecule has 1 heterocycles. The first kappa shape index (κ1) is 20.1. The van der Waals surface area contributed by atoms with Gasteiger partial charge < -0.3 is 14.5 Å². The highest BCUT2D eigenvalue weighted by Gasteiger charge is 2.17. The van der Waals surface area contributed by atoms with Gasteiger partial charge in [-0.2, -0.15) is 0 Å². The maximum absolute atomic E-state index is 12.4. The first-order valence-corrected chi connectivity index (χ1v) is 8.96. The Kier molecular flexibility index (Phi) is 5.63. The third-order valence-corrected chi connectivity index (χ3v) is 4.87. The van der Waals surface area contributed by atoms with Gasteiger partial charge in [-0.15, -0.1) is 0 Å². The third-order valence-electron chi connectivity index (χ3n) is 4.87. The van der Waals surface area contributed by atoms with Gasteiger partial charge in [0.15, 0.2) is 0 Å². The minimum Gasteiger partial charge on any atom is -0.497 e. The largest absolute Gasteiger partial charge is 0.497 e. The van der Waals surface area contributed by atoms with E-state index in [1.54, 1.807) is 25.1 Å². The van der Waals surface area contributed by atoms with Crippen molar-refractivity contribution in [2.75, 3.05) is 12.4 Å². The van der Waals surface area contributed by atoms with Crippen molar-refractivity contribution in [1.82, 2.24) is 0 Å². The molecule has 0 saturated carbocycles. The number of hydrogen-bond donors (Lipinski definition) is 1. The van der Waals surface area contributed by atoms with Gasteiger partial charge in [0.2, 0.25) is 5.91 Å². The number of nitrogens with one attached hydrogen (secondary N) is 1.